The van der Waals surface area contributed by atoms with Crippen LogP contribution >= 0.6 is 0 Å². The van der Waals surface area contributed by atoms with Crippen LogP contribution in [0.1, 0.15) is 13.3 Å². The highest BCUT2D eigenvalue weighted by atomic mass is 16.6. The number of hydrogen-bond acceptors (Lipinski definition) is 3. The van der Waals surface area contributed by atoms with E-state index in [1.807, 2.05) is 21.0 Å². The van der Waals surface area contributed by atoms with Crippen LogP contribution in [0.15, 0.2) is 12.7 Å². The van der Waals surface area contributed by atoms with Crippen LogP contribution in [-0.4, -0.2) is 43.9 Å². The first-order valence-electron chi connectivity index (χ1n) is 4.80. The quantitative estimate of drug-likeness (QED) is 0.294. The Hall–Kier alpha value is -0.870. The Bertz CT molecular complexity index is 202. The van der Waals surface area contributed by atoms with Crippen LogP contribution in [0.4, 0.5) is 0 Å². The van der Waals surface area contributed by atoms with Gasteiger partial charge in [0.25, 0.3) is 0 Å². The van der Waals surface area contributed by atoms with Crippen molar-refractivity contribution in [1.29, 1.82) is 0 Å². The van der Waals surface area contributed by atoms with Crippen LogP contribution in [0.25, 0.3) is 0 Å². The summed E-state index contributed by atoms with van der Waals surface area (Å²) in [7, 11) is 4.02. The van der Waals surface area contributed by atoms with E-state index >= 15 is 0 Å². The Morgan fingerprint density at radius 2 is 2.21 bits per heavy atom. The van der Waals surface area contributed by atoms with E-state index in [2.05, 4.69) is 6.58 Å². The van der Waals surface area contributed by atoms with Gasteiger partial charge in [0.05, 0.1) is 20.6 Å². The van der Waals surface area contributed by atoms with Gasteiger partial charge in [-0.3, -0.25) is 4.48 Å². The molecule has 0 aliphatic carbocycles. The molecule has 4 heteroatoms. The summed E-state index contributed by atoms with van der Waals surface area (Å²) in [6.45, 7) is 6.78. The van der Waals surface area contributed by atoms with E-state index in [9.17, 15) is 4.79 Å². The number of quaternary nitrogens is 1. The Kier molecular flexibility index (Phi) is 5.42. The van der Waals surface area contributed by atoms with Gasteiger partial charge < -0.3 is 10.5 Å². The summed E-state index contributed by atoms with van der Waals surface area (Å²) < 4.78 is 5.76. The number of carbonyl (C=O) groups excluding carboxylic acids is 1. The van der Waals surface area contributed by atoms with Gasteiger partial charge in [0.1, 0.15) is 0 Å². The van der Waals surface area contributed by atoms with Crippen LogP contribution in [0, 0.1) is 0 Å². The molecule has 0 aromatic rings. The lowest BCUT2D eigenvalue weighted by molar-refractivity contribution is -0.932. The molecule has 0 bridgehead atoms. The van der Waals surface area contributed by atoms with Crippen molar-refractivity contribution in [2.45, 2.75) is 19.6 Å². The number of hydrogen-bond donors (Lipinski definition) is 1. The van der Waals surface area contributed by atoms with Crippen molar-refractivity contribution in [3.05, 3.63) is 12.7 Å². The second-order valence-electron chi connectivity index (χ2n) is 3.88. The van der Waals surface area contributed by atoms with Crippen LogP contribution in [0.2, 0.25) is 0 Å². The molecular weight excluding hydrogens is 180 g/mol. The molecule has 0 aromatic heterocycles. The minimum atomic E-state index is -0.378. The molecule has 4 nitrogen and oxygen atoms in total. The molecule has 0 spiro atoms. The average Bonchev–Trinajstić information content (AvgIpc) is 2.14. The van der Waals surface area contributed by atoms with Gasteiger partial charge in [0.15, 0.2) is 0 Å². The third-order valence-electron chi connectivity index (χ3n) is 2.38. The Labute approximate surface area is 85.9 Å². The molecule has 0 aliphatic heterocycles. The molecule has 0 aromatic carbocycles. The van der Waals surface area contributed by atoms with Crippen LogP contribution < -0.4 is 5.73 Å². The molecule has 14 heavy (non-hydrogen) atoms. The van der Waals surface area contributed by atoms with E-state index in [4.69, 9.17) is 10.5 Å². The summed E-state index contributed by atoms with van der Waals surface area (Å²) in [6, 6.07) is 0. The lowest BCUT2D eigenvalue weighted by Crippen LogP contribution is -2.50. The standard InChI is InChI=1S/C10H21N2O2/c1-5-10(13)14-9(2)12(3,4)8-6-7-11/h5,9H,1,6-8,11H2,2-4H3/q+1. The highest BCUT2D eigenvalue weighted by molar-refractivity contribution is 5.81. The smallest absolute Gasteiger partial charge is 0.334 e. The normalized spacial score (nSPS) is 13.4. The second-order valence-corrected chi connectivity index (χ2v) is 3.88. The molecular formula is C10H21N2O2+. The van der Waals surface area contributed by atoms with E-state index in [-0.39, 0.29) is 12.2 Å². The zero-order valence-corrected chi connectivity index (χ0v) is 9.32. The lowest BCUT2D eigenvalue weighted by atomic mass is 10.3. The Morgan fingerprint density at radius 1 is 1.64 bits per heavy atom. The number of nitrogens with zero attached hydrogens (tertiary/aromatic N) is 1. The van der Waals surface area contributed by atoms with Gasteiger partial charge in [0.2, 0.25) is 6.23 Å². The number of esters is 1. The maximum absolute atomic E-state index is 11.0. The van der Waals surface area contributed by atoms with Crippen molar-refractivity contribution in [3.8, 4) is 0 Å². The fraction of sp³-hybridized carbons (Fsp3) is 0.700. The van der Waals surface area contributed by atoms with Gasteiger partial charge in [-0.15, -0.1) is 0 Å². The molecule has 0 aliphatic rings. The fourth-order valence-electron chi connectivity index (χ4n) is 1.04. The maximum Gasteiger partial charge on any atom is 0.334 e. The Morgan fingerprint density at radius 3 is 2.64 bits per heavy atom. The van der Waals surface area contributed by atoms with E-state index in [0.717, 1.165) is 13.0 Å². The summed E-state index contributed by atoms with van der Waals surface area (Å²) in [6.07, 6.45) is 1.93. The zero-order chi connectivity index (χ0) is 11.2. The van der Waals surface area contributed by atoms with Crippen molar-refractivity contribution in [3.63, 3.8) is 0 Å². The highest BCUT2D eigenvalue weighted by Crippen LogP contribution is 2.09. The largest absolute Gasteiger partial charge is 0.410 e. The lowest BCUT2D eigenvalue weighted by Gasteiger charge is -2.34. The second kappa shape index (κ2) is 5.78. The first-order valence-corrected chi connectivity index (χ1v) is 4.80. The maximum atomic E-state index is 11.0. The molecule has 1 unspecified atom stereocenters. The van der Waals surface area contributed by atoms with Gasteiger partial charge in [-0.1, -0.05) is 6.58 Å². The molecule has 0 fully saturated rings. The number of nitrogens with two attached hydrogens (primary N) is 1. The van der Waals surface area contributed by atoms with Crippen molar-refractivity contribution in [2.75, 3.05) is 27.2 Å². The third-order valence-corrected chi connectivity index (χ3v) is 2.38. The molecule has 2 N–H and O–H groups in total. The minimum Gasteiger partial charge on any atom is -0.410 e. The van der Waals surface area contributed by atoms with Gasteiger partial charge in [0, 0.05) is 19.4 Å². The first kappa shape index (κ1) is 13.1. The third kappa shape index (κ3) is 4.39. The fourth-order valence-corrected chi connectivity index (χ4v) is 1.04. The predicted molar refractivity (Wildman–Crippen MR) is 56.4 cm³/mol. The summed E-state index contributed by atoms with van der Waals surface area (Å²) in [4.78, 5) is 11.0. The van der Waals surface area contributed by atoms with Crippen molar-refractivity contribution >= 4 is 5.97 Å². The summed E-state index contributed by atoms with van der Waals surface area (Å²) in [5.41, 5.74) is 5.43. The minimum absolute atomic E-state index is 0.174. The van der Waals surface area contributed by atoms with E-state index < -0.39 is 0 Å². The van der Waals surface area contributed by atoms with Crippen LogP contribution in [0.5, 0.6) is 0 Å². The summed E-state index contributed by atoms with van der Waals surface area (Å²) in [5, 5.41) is 0. The van der Waals surface area contributed by atoms with Crippen LogP contribution in [0.3, 0.4) is 0 Å². The molecule has 0 radical (unpaired) electrons. The molecule has 0 rings (SSSR count). The number of ether oxygens (including phenoxy) is 1. The average molecular weight is 201 g/mol. The topological polar surface area (TPSA) is 52.3 Å². The Balaban J connectivity index is 4.12. The van der Waals surface area contributed by atoms with Gasteiger partial charge in [-0.05, 0) is 6.54 Å². The molecule has 1 atom stereocenters. The summed E-state index contributed by atoms with van der Waals surface area (Å²) >= 11 is 0. The van der Waals surface area contributed by atoms with E-state index in [0.29, 0.717) is 11.0 Å². The van der Waals surface area contributed by atoms with Gasteiger partial charge in [-0.25, -0.2) is 4.79 Å². The SMILES string of the molecule is C=CC(=O)OC(C)[N+](C)(C)CCCN. The number of carbonyl (C=O) groups is 1. The van der Waals surface area contributed by atoms with Crippen molar-refractivity contribution < 1.29 is 14.0 Å². The molecule has 82 valence electrons. The van der Waals surface area contributed by atoms with E-state index in [1.54, 1.807) is 0 Å². The number of rotatable bonds is 6. The highest BCUT2D eigenvalue weighted by Gasteiger charge is 2.25. The molecule has 0 heterocycles. The monoisotopic (exact) mass is 201 g/mol. The molecule has 0 amide bonds. The summed E-state index contributed by atoms with van der Waals surface area (Å²) in [5.74, 6) is -0.378. The first-order chi connectivity index (χ1) is 6.44. The predicted octanol–water partition coefficient (Wildman–Crippen LogP) is 0.487. The van der Waals surface area contributed by atoms with E-state index in [1.165, 1.54) is 6.08 Å². The van der Waals surface area contributed by atoms with Gasteiger partial charge >= 0.3 is 5.97 Å². The zero-order valence-electron chi connectivity index (χ0n) is 9.32. The van der Waals surface area contributed by atoms with Crippen LogP contribution in [-0.2, 0) is 9.53 Å². The molecule has 0 saturated carbocycles. The molecule has 0 saturated heterocycles. The van der Waals surface area contributed by atoms with Gasteiger partial charge in [-0.2, -0.15) is 0 Å². The van der Waals surface area contributed by atoms with Crippen molar-refractivity contribution in [1.82, 2.24) is 0 Å². The van der Waals surface area contributed by atoms with Crippen molar-refractivity contribution in [2.24, 2.45) is 5.73 Å².